The first kappa shape index (κ1) is 13.9. The van der Waals surface area contributed by atoms with Crippen molar-refractivity contribution in [1.82, 2.24) is 5.32 Å². The second-order valence-electron chi connectivity index (χ2n) is 7.27. The molecule has 0 aliphatic heterocycles. The van der Waals surface area contributed by atoms with Gasteiger partial charge in [0.1, 0.15) is 0 Å². The summed E-state index contributed by atoms with van der Waals surface area (Å²) >= 11 is 0. The third-order valence-electron chi connectivity index (χ3n) is 5.52. The summed E-state index contributed by atoms with van der Waals surface area (Å²) in [7, 11) is 0. The van der Waals surface area contributed by atoms with Crippen LogP contribution >= 0.6 is 0 Å². The number of ether oxygens (including phenoxy) is 1. The van der Waals surface area contributed by atoms with Crippen LogP contribution in [-0.4, -0.2) is 24.8 Å². The summed E-state index contributed by atoms with van der Waals surface area (Å²) in [5, 5.41) is 3.73. The van der Waals surface area contributed by atoms with Gasteiger partial charge in [-0.3, -0.25) is 0 Å². The lowest BCUT2D eigenvalue weighted by Crippen LogP contribution is -2.46. The standard InChI is InChI=1S/C17H31NO/c1-2-14-7-10-17(11-8-14,13-18-16-5-6-16)19-12-9-15-3-4-15/h14-16,18H,2-13H2,1H3. The van der Waals surface area contributed by atoms with Gasteiger partial charge in [-0.2, -0.15) is 0 Å². The molecule has 3 saturated carbocycles. The normalized spacial score (nSPS) is 35.5. The van der Waals surface area contributed by atoms with Crippen molar-refractivity contribution in [2.75, 3.05) is 13.2 Å². The Hall–Kier alpha value is -0.0800. The van der Waals surface area contributed by atoms with E-state index in [1.165, 1.54) is 64.2 Å². The van der Waals surface area contributed by atoms with Crippen molar-refractivity contribution < 1.29 is 4.74 Å². The molecule has 0 saturated heterocycles. The summed E-state index contributed by atoms with van der Waals surface area (Å²) in [4.78, 5) is 0. The minimum Gasteiger partial charge on any atom is -0.374 e. The Kier molecular flexibility index (Phi) is 4.48. The van der Waals surface area contributed by atoms with Crippen molar-refractivity contribution in [1.29, 1.82) is 0 Å². The van der Waals surface area contributed by atoms with Gasteiger partial charge in [0.25, 0.3) is 0 Å². The van der Waals surface area contributed by atoms with Crippen LogP contribution < -0.4 is 5.32 Å². The summed E-state index contributed by atoms with van der Waals surface area (Å²) in [6.07, 6.45) is 13.7. The number of rotatable bonds is 8. The van der Waals surface area contributed by atoms with Gasteiger partial charge in [0.15, 0.2) is 0 Å². The van der Waals surface area contributed by atoms with Crippen LogP contribution in [0.5, 0.6) is 0 Å². The van der Waals surface area contributed by atoms with Crippen molar-refractivity contribution in [3.8, 4) is 0 Å². The minimum absolute atomic E-state index is 0.184. The van der Waals surface area contributed by atoms with Crippen LogP contribution in [0.3, 0.4) is 0 Å². The molecule has 0 amide bonds. The SMILES string of the molecule is CCC1CCC(CNC2CC2)(OCCC2CC2)CC1. The van der Waals surface area contributed by atoms with Crippen LogP contribution in [0.2, 0.25) is 0 Å². The molecule has 0 aromatic heterocycles. The van der Waals surface area contributed by atoms with Crippen molar-refractivity contribution in [3.05, 3.63) is 0 Å². The summed E-state index contributed by atoms with van der Waals surface area (Å²) in [6, 6.07) is 0.813. The molecular weight excluding hydrogens is 234 g/mol. The molecular formula is C17H31NO. The molecule has 0 spiro atoms. The van der Waals surface area contributed by atoms with E-state index in [0.717, 1.165) is 31.0 Å². The fourth-order valence-corrected chi connectivity index (χ4v) is 3.45. The summed E-state index contributed by atoms with van der Waals surface area (Å²) < 4.78 is 6.43. The quantitative estimate of drug-likeness (QED) is 0.719. The maximum atomic E-state index is 6.43. The second-order valence-corrected chi connectivity index (χ2v) is 7.27. The number of nitrogens with one attached hydrogen (secondary N) is 1. The second kappa shape index (κ2) is 6.13. The zero-order valence-corrected chi connectivity index (χ0v) is 12.6. The van der Waals surface area contributed by atoms with Crippen molar-refractivity contribution in [2.24, 2.45) is 11.8 Å². The van der Waals surface area contributed by atoms with Crippen LogP contribution in [0.4, 0.5) is 0 Å². The molecule has 0 bridgehead atoms. The van der Waals surface area contributed by atoms with Gasteiger partial charge in [-0.15, -0.1) is 0 Å². The van der Waals surface area contributed by atoms with E-state index in [2.05, 4.69) is 12.2 Å². The van der Waals surface area contributed by atoms with Crippen LogP contribution in [0.15, 0.2) is 0 Å². The Morgan fingerprint density at radius 3 is 2.32 bits per heavy atom. The molecule has 110 valence electrons. The lowest BCUT2D eigenvalue weighted by Gasteiger charge is -2.40. The van der Waals surface area contributed by atoms with E-state index in [0.29, 0.717) is 0 Å². The number of hydrogen-bond acceptors (Lipinski definition) is 2. The van der Waals surface area contributed by atoms with E-state index < -0.39 is 0 Å². The van der Waals surface area contributed by atoms with Gasteiger partial charge in [-0.1, -0.05) is 26.2 Å². The Bertz CT molecular complexity index is 275. The van der Waals surface area contributed by atoms with Gasteiger partial charge in [0.05, 0.1) is 5.60 Å². The van der Waals surface area contributed by atoms with Crippen molar-refractivity contribution in [3.63, 3.8) is 0 Å². The van der Waals surface area contributed by atoms with E-state index >= 15 is 0 Å². The Morgan fingerprint density at radius 2 is 1.74 bits per heavy atom. The molecule has 0 aromatic rings. The largest absolute Gasteiger partial charge is 0.374 e. The summed E-state index contributed by atoms with van der Waals surface area (Å²) in [5.74, 6) is 1.96. The minimum atomic E-state index is 0.184. The molecule has 2 nitrogen and oxygen atoms in total. The molecule has 0 aromatic carbocycles. The average Bonchev–Trinajstić information content (AvgIpc) is 3.31. The molecule has 0 atom stereocenters. The van der Waals surface area contributed by atoms with Crippen LogP contribution in [-0.2, 0) is 4.74 Å². The summed E-state index contributed by atoms with van der Waals surface area (Å²) in [5.41, 5.74) is 0.184. The highest BCUT2D eigenvalue weighted by molar-refractivity contribution is 4.92. The first-order valence-corrected chi connectivity index (χ1v) is 8.67. The number of hydrogen-bond donors (Lipinski definition) is 1. The highest BCUT2D eigenvalue weighted by Gasteiger charge is 2.37. The summed E-state index contributed by atoms with van der Waals surface area (Å²) in [6.45, 7) is 4.46. The van der Waals surface area contributed by atoms with E-state index in [9.17, 15) is 0 Å². The zero-order chi connectivity index (χ0) is 13.1. The lowest BCUT2D eigenvalue weighted by atomic mass is 9.77. The van der Waals surface area contributed by atoms with E-state index in [1.54, 1.807) is 0 Å². The third-order valence-corrected chi connectivity index (χ3v) is 5.52. The monoisotopic (exact) mass is 265 g/mol. The molecule has 0 radical (unpaired) electrons. The van der Waals surface area contributed by atoms with Gasteiger partial charge in [0, 0.05) is 19.2 Å². The van der Waals surface area contributed by atoms with E-state index in [-0.39, 0.29) is 5.60 Å². The van der Waals surface area contributed by atoms with Gasteiger partial charge >= 0.3 is 0 Å². The maximum absolute atomic E-state index is 6.43. The zero-order valence-electron chi connectivity index (χ0n) is 12.6. The Balaban J connectivity index is 1.47. The Morgan fingerprint density at radius 1 is 1.00 bits per heavy atom. The predicted molar refractivity (Wildman–Crippen MR) is 79.3 cm³/mol. The maximum Gasteiger partial charge on any atom is 0.0806 e. The fraction of sp³-hybridized carbons (Fsp3) is 1.00. The third kappa shape index (κ3) is 4.19. The van der Waals surface area contributed by atoms with Gasteiger partial charge in [-0.05, 0) is 56.8 Å². The average molecular weight is 265 g/mol. The molecule has 3 fully saturated rings. The lowest BCUT2D eigenvalue weighted by molar-refractivity contribution is -0.0785. The topological polar surface area (TPSA) is 21.3 Å². The predicted octanol–water partition coefficient (Wildman–Crippen LogP) is 3.89. The van der Waals surface area contributed by atoms with Gasteiger partial charge in [0.2, 0.25) is 0 Å². The van der Waals surface area contributed by atoms with Crippen LogP contribution in [0, 0.1) is 11.8 Å². The van der Waals surface area contributed by atoms with E-state index in [4.69, 9.17) is 4.74 Å². The fourth-order valence-electron chi connectivity index (χ4n) is 3.45. The highest BCUT2D eigenvalue weighted by Crippen LogP contribution is 2.38. The molecule has 3 aliphatic rings. The first-order valence-electron chi connectivity index (χ1n) is 8.67. The van der Waals surface area contributed by atoms with Gasteiger partial charge < -0.3 is 10.1 Å². The first-order chi connectivity index (χ1) is 9.30. The molecule has 2 heteroatoms. The molecule has 3 rings (SSSR count). The van der Waals surface area contributed by atoms with Crippen LogP contribution in [0.1, 0.15) is 71.1 Å². The Labute approximate surface area is 118 Å². The van der Waals surface area contributed by atoms with Crippen molar-refractivity contribution in [2.45, 2.75) is 82.8 Å². The van der Waals surface area contributed by atoms with Crippen molar-refractivity contribution >= 4 is 0 Å². The van der Waals surface area contributed by atoms with Gasteiger partial charge in [-0.25, -0.2) is 0 Å². The molecule has 19 heavy (non-hydrogen) atoms. The molecule has 0 unspecified atom stereocenters. The molecule has 1 N–H and O–H groups in total. The van der Waals surface area contributed by atoms with Crippen LogP contribution in [0.25, 0.3) is 0 Å². The van der Waals surface area contributed by atoms with E-state index in [1.807, 2.05) is 0 Å². The highest BCUT2D eigenvalue weighted by atomic mass is 16.5. The smallest absolute Gasteiger partial charge is 0.0806 e. The molecule has 3 aliphatic carbocycles. The molecule has 0 heterocycles.